The van der Waals surface area contributed by atoms with E-state index in [1.807, 2.05) is 48.5 Å². The Morgan fingerprint density at radius 2 is 1.62 bits per heavy atom. The smallest absolute Gasteiger partial charge is 0.232 e. The molecule has 3 unspecified atom stereocenters. The van der Waals surface area contributed by atoms with Crippen LogP contribution in [0.4, 0.5) is 5.69 Å². The van der Waals surface area contributed by atoms with Crippen LogP contribution in [0.25, 0.3) is 0 Å². The Bertz CT molecular complexity index is 676. The normalized spacial score (nSPS) is 14.6. The summed E-state index contributed by atoms with van der Waals surface area (Å²) >= 11 is 0. The van der Waals surface area contributed by atoms with Crippen molar-refractivity contribution in [2.24, 2.45) is 5.92 Å². The number of hydrogen-bond acceptors (Lipinski definition) is 3. The van der Waals surface area contributed by atoms with E-state index >= 15 is 0 Å². The average molecular weight is 345 g/mol. The zero-order chi connectivity index (χ0) is 17.5. The van der Waals surface area contributed by atoms with Gasteiger partial charge in [0.25, 0.3) is 0 Å². The van der Waals surface area contributed by atoms with Gasteiger partial charge in [-0.1, -0.05) is 43.3 Å². The predicted octanol–water partition coefficient (Wildman–Crippen LogP) is 2.84. The van der Waals surface area contributed by atoms with E-state index in [2.05, 4.69) is 0 Å². The van der Waals surface area contributed by atoms with Crippen LogP contribution in [0.2, 0.25) is 0 Å². The van der Waals surface area contributed by atoms with E-state index in [1.165, 1.54) is 0 Å². The van der Waals surface area contributed by atoms with Crippen molar-refractivity contribution in [3.05, 3.63) is 60.7 Å². The van der Waals surface area contributed by atoms with Crippen molar-refractivity contribution in [2.75, 3.05) is 17.7 Å². The molecule has 5 heteroatoms. The van der Waals surface area contributed by atoms with Crippen LogP contribution >= 0.6 is 0 Å². The summed E-state index contributed by atoms with van der Waals surface area (Å²) in [6, 6.07) is 18.5. The van der Waals surface area contributed by atoms with Crippen molar-refractivity contribution >= 4 is 22.4 Å². The number of amides is 1. The molecule has 0 spiro atoms. The summed E-state index contributed by atoms with van der Waals surface area (Å²) in [4.78, 5) is 14.8. The minimum absolute atomic E-state index is 0.154. The largest absolute Gasteiger partial charge is 0.392 e. The predicted molar refractivity (Wildman–Crippen MR) is 97.4 cm³/mol. The van der Waals surface area contributed by atoms with Crippen molar-refractivity contribution in [1.29, 1.82) is 0 Å². The molecule has 0 bridgehead atoms. The fourth-order valence-electron chi connectivity index (χ4n) is 2.42. The highest BCUT2D eigenvalue weighted by Crippen LogP contribution is 2.18. The fourth-order valence-corrected chi connectivity index (χ4v) is 3.57. The summed E-state index contributed by atoms with van der Waals surface area (Å²) in [5.41, 5.74) is 0.786. The maximum Gasteiger partial charge on any atom is 0.232 e. The number of benzene rings is 2. The van der Waals surface area contributed by atoms with E-state index in [4.69, 9.17) is 0 Å². The molecule has 0 aliphatic rings. The highest BCUT2D eigenvalue weighted by molar-refractivity contribution is 7.85. The van der Waals surface area contributed by atoms with Crippen LogP contribution in [-0.2, 0) is 15.6 Å². The zero-order valence-corrected chi connectivity index (χ0v) is 14.8. The molecule has 24 heavy (non-hydrogen) atoms. The van der Waals surface area contributed by atoms with E-state index in [0.29, 0.717) is 12.2 Å². The molecular weight excluding hydrogens is 322 g/mol. The lowest BCUT2D eigenvalue weighted by Gasteiger charge is -2.24. The summed E-state index contributed by atoms with van der Waals surface area (Å²) in [6.07, 6.45) is -0.506. The average Bonchev–Trinajstić information content (AvgIpc) is 2.65. The van der Waals surface area contributed by atoms with E-state index < -0.39 is 22.8 Å². The number of carbonyl (C=O) groups is 1. The molecule has 2 aromatic rings. The Hall–Kier alpha value is -1.98. The molecular formula is C19H23NO3S. The second-order valence-electron chi connectivity index (χ2n) is 5.74. The molecule has 4 nitrogen and oxygen atoms in total. The standard InChI is InChI=1S/C19H23NO3S/c1-15(19(22)20(2)16-9-5-3-6-10-16)18(21)13-14-24(23)17-11-7-4-8-12-17/h3-12,15,18,21H,13-14H2,1-2H3. The number of para-hydroxylation sites is 1. The number of nitrogens with zero attached hydrogens (tertiary/aromatic N) is 1. The maximum atomic E-state index is 12.5. The molecule has 2 aromatic carbocycles. The van der Waals surface area contributed by atoms with Gasteiger partial charge in [-0.25, -0.2) is 0 Å². The molecule has 3 atom stereocenters. The summed E-state index contributed by atoms with van der Waals surface area (Å²) in [5.74, 6) is -0.375. The first-order valence-electron chi connectivity index (χ1n) is 7.95. The summed E-state index contributed by atoms with van der Waals surface area (Å²) in [5, 5.41) is 10.3. The number of aliphatic hydroxyl groups excluding tert-OH is 1. The van der Waals surface area contributed by atoms with Crippen LogP contribution < -0.4 is 4.90 Å². The third kappa shape index (κ3) is 4.76. The van der Waals surface area contributed by atoms with Gasteiger partial charge in [-0.3, -0.25) is 9.00 Å². The Morgan fingerprint density at radius 3 is 2.21 bits per heavy atom. The molecule has 2 rings (SSSR count). The van der Waals surface area contributed by atoms with Crippen molar-refractivity contribution < 1.29 is 14.1 Å². The van der Waals surface area contributed by atoms with Crippen molar-refractivity contribution in [3.8, 4) is 0 Å². The summed E-state index contributed by atoms with van der Waals surface area (Å²) in [7, 11) is 0.532. The molecule has 0 aliphatic carbocycles. The minimum atomic E-state index is -1.17. The van der Waals surface area contributed by atoms with Gasteiger partial charge in [-0.05, 0) is 30.7 Å². The van der Waals surface area contributed by atoms with Gasteiger partial charge in [-0.15, -0.1) is 0 Å². The van der Waals surface area contributed by atoms with Crippen LogP contribution in [0.5, 0.6) is 0 Å². The highest BCUT2D eigenvalue weighted by atomic mass is 32.2. The molecule has 0 saturated heterocycles. The van der Waals surface area contributed by atoms with E-state index in [1.54, 1.807) is 31.0 Å². The zero-order valence-electron chi connectivity index (χ0n) is 14.0. The number of anilines is 1. The Kier molecular flexibility index (Phi) is 6.70. The summed E-state index contributed by atoms with van der Waals surface area (Å²) in [6.45, 7) is 1.71. The first-order valence-corrected chi connectivity index (χ1v) is 9.26. The van der Waals surface area contributed by atoms with Crippen LogP contribution in [0.15, 0.2) is 65.6 Å². The molecule has 0 radical (unpaired) electrons. The Balaban J connectivity index is 1.90. The minimum Gasteiger partial charge on any atom is -0.392 e. The van der Waals surface area contributed by atoms with Gasteiger partial charge in [0.2, 0.25) is 5.91 Å². The van der Waals surface area contributed by atoms with Crippen molar-refractivity contribution in [1.82, 2.24) is 0 Å². The quantitative estimate of drug-likeness (QED) is 0.839. The van der Waals surface area contributed by atoms with Gasteiger partial charge in [0, 0.05) is 23.4 Å². The Labute approximate surface area is 145 Å². The van der Waals surface area contributed by atoms with E-state index in [-0.39, 0.29) is 5.91 Å². The van der Waals surface area contributed by atoms with Crippen LogP contribution in [0, 0.1) is 5.92 Å². The van der Waals surface area contributed by atoms with Gasteiger partial charge in [0.05, 0.1) is 22.8 Å². The first kappa shape index (κ1) is 18.4. The number of hydrogen-bond donors (Lipinski definition) is 1. The maximum absolute atomic E-state index is 12.5. The molecule has 0 heterocycles. The number of aliphatic hydroxyl groups is 1. The van der Waals surface area contributed by atoms with Crippen LogP contribution in [0.1, 0.15) is 13.3 Å². The lowest BCUT2D eigenvalue weighted by Crippen LogP contribution is -2.38. The number of carbonyl (C=O) groups excluding carboxylic acids is 1. The SMILES string of the molecule is CC(C(=O)N(C)c1ccccc1)C(O)CCS(=O)c1ccccc1. The second kappa shape index (κ2) is 8.76. The topological polar surface area (TPSA) is 57.6 Å². The highest BCUT2D eigenvalue weighted by Gasteiger charge is 2.26. The molecule has 1 N–H and O–H groups in total. The van der Waals surface area contributed by atoms with Crippen molar-refractivity contribution in [2.45, 2.75) is 24.3 Å². The van der Waals surface area contributed by atoms with Gasteiger partial charge in [0.1, 0.15) is 0 Å². The van der Waals surface area contributed by atoms with Crippen molar-refractivity contribution in [3.63, 3.8) is 0 Å². The molecule has 1 amide bonds. The van der Waals surface area contributed by atoms with Gasteiger partial charge in [-0.2, -0.15) is 0 Å². The van der Waals surface area contributed by atoms with E-state index in [0.717, 1.165) is 10.6 Å². The second-order valence-corrected chi connectivity index (χ2v) is 7.31. The third-order valence-electron chi connectivity index (χ3n) is 4.05. The molecule has 0 aromatic heterocycles. The van der Waals surface area contributed by atoms with E-state index in [9.17, 15) is 14.1 Å². The van der Waals surface area contributed by atoms with Gasteiger partial charge < -0.3 is 10.0 Å². The van der Waals surface area contributed by atoms with Crippen LogP contribution in [-0.4, -0.2) is 34.1 Å². The first-order chi connectivity index (χ1) is 11.5. The third-order valence-corrected chi connectivity index (χ3v) is 5.45. The lowest BCUT2D eigenvalue weighted by molar-refractivity contribution is -0.124. The molecule has 0 fully saturated rings. The summed E-state index contributed by atoms with van der Waals surface area (Å²) < 4.78 is 12.2. The molecule has 0 aliphatic heterocycles. The number of rotatable bonds is 7. The molecule has 0 saturated carbocycles. The monoisotopic (exact) mass is 345 g/mol. The lowest BCUT2D eigenvalue weighted by atomic mass is 10.0. The Morgan fingerprint density at radius 1 is 1.08 bits per heavy atom. The van der Waals surface area contributed by atoms with Gasteiger partial charge in [0.15, 0.2) is 0 Å². The van der Waals surface area contributed by atoms with Crippen LogP contribution in [0.3, 0.4) is 0 Å². The fraction of sp³-hybridized carbons (Fsp3) is 0.316. The van der Waals surface area contributed by atoms with Gasteiger partial charge >= 0.3 is 0 Å². The molecule has 128 valence electrons.